The maximum Gasteiger partial charge on any atom is 0.162 e. The van der Waals surface area contributed by atoms with Crippen molar-refractivity contribution < 1.29 is 17.9 Å². The molecule has 0 bridgehead atoms. The first-order chi connectivity index (χ1) is 17.0. The molecule has 0 fully saturated rings. The maximum atomic E-state index is 15.1. The van der Waals surface area contributed by atoms with Crippen molar-refractivity contribution in [1.29, 1.82) is 0 Å². The molecule has 0 amide bonds. The number of hydrogen-bond acceptors (Lipinski definition) is 1. The van der Waals surface area contributed by atoms with Crippen LogP contribution in [0.2, 0.25) is 0 Å². The van der Waals surface area contributed by atoms with E-state index < -0.39 is 17.6 Å². The Morgan fingerprint density at radius 3 is 2.20 bits per heavy atom. The number of allylic oxidation sites excluding steroid dienone is 5. The average molecular weight is 473 g/mol. The van der Waals surface area contributed by atoms with Crippen molar-refractivity contribution in [3.8, 4) is 5.75 Å². The average Bonchev–Trinajstić information content (AvgIpc) is 2.87. The minimum atomic E-state index is -0.810. The zero-order valence-electron chi connectivity index (χ0n) is 19.8. The van der Waals surface area contributed by atoms with Crippen LogP contribution in [0.15, 0.2) is 90.5 Å². The van der Waals surface area contributed by atoms with Crippen molar-refractivity contribution in [3.63, 3.8) is 0 Å². The van der Waals surface area contributed by atoms with E-state index in [4.69, 9.17) is 4.74 Å². The minimum absolute atomic E-state index is 0.294. The third-order valence-corrected chi connectivity index (χ3v) is 5.97. The molecule has 0 radical (unpaired) electrons. The van der Waals surface area contributed by atoms with Gasteiger partial charge in [-0.1, -0.05) is 78.9 Å². The van der Waals surface area contributed by atoms with E-state index in [-0.39, 0.29) is 5.82 Å². The summed E-state index contributed by atoms with van der Waals surface area (Å²) in [6, 6.07) is 19.4. The van der Waals surface area contributed by atoms with Crippen molar-refractivity contribution >= 4 is 23.8 Å². The van der Waals surface area contributed by atoms with Crippen LogP contribution >= 0.6 is 0 Å². The summed E-state index contributed by atoms with van der Waals surface area (Å²) in [6.07, 6.45) is 9.48. The van der Waals surface area contributed by atoms with Gasteiger partial charge in [0.25, 0.3) is 0 Å². The van der Waals surface area contributed by atoms with Crippen LogP contribution in [0.4, 0.5) is 13.2 Å². The standard InChI is InChI=1S/C31H27F3O/c1-3-5-21-6-11-23(12-7-21)27-18-19-28(31(34)30(27)33)24-13-8-22(9-14-24)10-15-25-16-17-26(35-4-2)20-29(25)32/h3,5-18,20,28H,4,19H2,1-2H3/b5-3+,15-10+. The Morgan fingerprint density at radius 2 is 1.54 bits per heavy atom. The Labute approximate surface area is 204 Å². The molecule has 1 aliphatic rings. The summed E-state index contributed by atoms with van der Waals surface area (Å²) in [5, 5.41) is 0. The molecule has 4 heteroatoms. The topological polar surface area (TPSA) is 9.23 Å². The first-order valence-corrected chi connectivity index (χ1v) is 11.7. The fraction of sp³-hybridized carbons (Fsp3) is 0.161. The third-order valence-electron chi connectivity index (χ3n) is 5.97. The smallest absolute Gasteiger partial charge is 0.162 e. The van der Waals surface area contributed by atoms with Crippen LogP contribution in [0.5, 0.6) is 5.75 Å². The Bertz CT molecular complexity index is 1300. The molecule has 0 saturated heterocycles. The lowest BCUT2D eigenvalue weighted by Gasteiger charge is -2.21. The molecular weight excluding hydrogens is 445 g/mol. The van der Waals surface area contributed by atoms with Crippen LogP contribution in [0.1, 0.15) is 54.0 Å². The van der Waals surface area contributed by atoms with Gasteiger partial charge in [0.2, 0.25) is 0 Å². The molecular formula is C31H27F3O. The summed E-state index contributed by atoms with van der Waals surface area (Å²) < 4.78 is 49.6. The van der Waals surface area contributed by atoms with E-state index in [9.17, 15) is 8.78 Å². The summed E-state index contributed by atoms with van der Waals surface area (Å²) in [5.74, 6) is -2.10. The monoisotopic (exact) mass is 472 g/mol. The molecule has 4 rings (SSSR count). The molecule has 35 heavy (non-hydrogen) atoms. The number of rotatable bonds is 7. The molecule has 0 heterocycles. The predicted octanol–water partition coefficient (Wildman–Crippen LogP) is 9.15. The summed E-state index contributed by atoms with van der Waals surface area (Å²) in [6.45, 7) is 4.25. The fourth-order valence-corrected chi connectivity index (χ4v) is 4.13. The minimum Gasteiger partial charge on any atom is -0.494 e. The van der Waals surface area contributed by atoms with Crippen LogP contribution in [0.3, 0.4) is 0 Å². The van der Waals surface area contributed by atoms with E-state index in [0.29, 0.717) is 41.0 Å². The molecule has 0 spiro atoms. The van der Waals surface area contributed by atoms with Crippen LogP contribution < -0.4 is 4.74 Å². The highest BCUT2D eigenvalue weighted by molar-refractivity contribution is 5.79. The lowest BCUT2D eigenvalue weighted by Crippen LogP contribution is -2.06. The van der Waals surface area contributed by atoms with E-state index in [0.717, 1.165) is 11.1 Å². The Hall–Kier alpha value is -3.79. The van der Waals surface area contributed by atoms with E-state index >= 15 is 4.39 Å². The van der Waals surface area contributed by atoms with Crippen LogP contribution in [-0.4, -0.2) is 6.61 Å². The molecule has 1 unspecified atom stereocenters. The Morgan fingerprint density at radius 1 is 0.857 bits per heavy atom. The van der Waals surface area contributed by atoms with Crippen molar-refractivity contribution in [1.82, 2.24) is 0 Å². The lowest BCUT2D eigenvalue weighted by molar-refractivity contribution is 0.338. The van der Waals surface area contributed by atoms with E-state index in [2.05, 4.69) is 0 Å². The van der Waals surface area contributed by atoms with Crippen molar-refractivity contribution in [2.45, 2.75) is 26.2 Å². The van der Waals surface area contributed by atoms with Crippen LogP contribution in [0.25, 0.3) is 23.8 Å². The third kappa shape index (κ3) is 5.65. The summed E-state index contributed by atoms with van der Waals surface area (Å²) in [4.78, 5) is 0. The SMILES string of the molecule is C/C=C/c1ccc(C2=CCC(c3ccc(/C=C/c4ccc(OCC)cc4F)cc3)C(F)=C2F)cc1. The zero-order valence-corrected chi connectivity index (χ0v) is 19.8. The number of ether oxygens (including phenoxy) is 1. The van der Waals surface area contributed by atoms with Crippen LogP contribution in [-0.2, 0) is 0 Å². The van der Waals surface area contributed by atoms with Crippen LogP contribution in [0, 0.1) is 5.82 Å². The van der Waals surface area contributed by atoms with E-state index in [1.807, 2.05) is 62.4 Å². The van der Waals surface area contributed by atoms with Gasteiger partial charge in [0.15, 0.2) is 5.83 Å². The highest BCUT2D eigenvalue weighted by Gasteiger charge is 2.27. The molecule has 3 aromatic carbocycles. The first kappa shape index (κ1) is 24.3. The second kappa shape index (κ2) is 11.1. The normalized spacial score (nSPS) is 16.3. The van der Waals surface area contributed by atoms with Crippen molar-refractivity contribution in [3.05, 3.63) is 124 Å². The molecule has 1 atom stereocenters. The van der Waals surface area contributed by atoms with Gasteiger partial charge in [-0.15, -0.1) is 0 Å². The second-order valence-electron chi connectivity index (χ2n) is 8.31. The van der Waals surface area contributed by atoms with Gasteiger partial charge >= 0.3 is 0 Å². The molecule has 178 valence electrons. The maximum absolute atomic E-state index is 15.1. The van der Waals surface area contributed by atoms with E-state index in [1.54, 1.807) is 42.5 Å². The first-order valence-electron chi connectivity index (χ1n) is 11.7. The predicted molar refractivity (Wildman–Crippen MR) is 139 cm³/mol. The quantitative estimate of drug-likeness (QED) is 0.312. The van der Waals surface area contributed by atoms with Crippen molar-refractivity contribution in [2.75, 3.05) is 6.61 Å². The number of benzene rings is 3. The van der Waals surface area contributed by atoms with Gasteiger partial charge in [-0.2, -0.15) is 0 Å². The van der Waals surface area contributed by atoms with Gasteiger partial charge in [-0.3, -0.25) is 0 Å². The Balaban J connectivity index is 1.47. The molecule has 3 aromatic rings. The molecule has 0 aliphatic heterocycles. The fourth-order valence-electron chi connectivity index (χ4n) is 4.13. The van der Waals surface area contributed by atoms with Gasteiger partial charge in [0.1, 0.15) is 17.4 Å². The molecule has 1 aliphatic carbocycles. The highest BCUT2D eigenvalue weighted by Crippen LogP contribution is 2.42. The van der Waals surface area contributed by atoms with Gasteiger partial charge in [0, 0.05) is 23.1 Å². The van der Waals surface area contributed by atoms with Gasteiger partial charge < -0.3 is 4.74 Å². The largest absolute Gasteiger partial charge is 0.494 e. The van der Waals surface area contributed by atoms with E-state index in [1.165, 1.54) is 6.07 Å². The summed E-state index contributed by atoms with van der Waals surface area (Å²) in [5.41, 5.74) is 3.93. The van der Waals surface area contributed by atoms with Crippen molar-refractivity contribution in [2.24, 2.45) is 0 Å². The highest BCUT2D eigenvalue weighted by atomic mass is 19.2. The molecule has 0 N–H and O–H groups in total. The number of hydrogen-bond donors (Lipinski definition) is 0. The zero-order chi connectivity index (χ0) is 24.8. The van der Waals surface area contributed by atoms with Gasteiger partial charge in [-0.05, 0) is 54.7 Å². The lowest BCUT2D eigenvalue weighted by atomic mass is 9.86. The Kier molecular flexibility index (Phi) is 7.71. The molecule has 1 nitrogen and oxygen atoms in total. The molecule has 0 saturated carbocycles. The summed E-state index contributed by atoms with van der Waals surface area (Å²) >= 11 is 0. The second-order valence-corrected chi connectivity index (χ2v) is 8.31. The van der Waals surface area contributed by atoms with Gasteiger partial charge in [0.05, 0.1) is 6.61 Å². The summed E-state index contributed by atoms with van der Waals surface area (Å²) in [7, 11) is 0. The number of halogens is 3. The van der Waals surface area contributed by atoms with Gasteiger partial charge in [-0.25, -0.2) is 13.2 Å². The molecule has 0 aromatic heterocycles.